The highest BCUT2D eigenvalue weighted by atomic mass is 32.1. The van der Waals surface area contributed by atoms with Gasteiger partial charge >= 0.3 is 0 Å². The van der Waals surface area contributed by atoms with Crippen molar-refractivity contribution >= 4 is 66.5 Å². The number of fused-ring (bicyclic) bond motifs is 5. The van der Waals surface area contributed by atoms with Crippen molar-refractivity contribution in [2.75, 3.05) is 0 Å². The topological polar surface area (TPSA) is 69.6 Å². The van der Waals surface area contributed by atoms with Crippen LogP contribution in [0.25, 0.3) is 117 Å². The minimum atomic E-state index is 0.618. The number of allylic oxidation sites excluding steroid dienone is 1. The summed E-state index contributed by atoms with van der Waals surface area (Å²) in [5.41, 5.74) is 12.9. The van der Waals surface area contributed by atoms with Gasteiger partial charge in [0.05, 0.1) is 21.4 Å². The van der Waals surface area contributed by atoms with E-state index in [1.807, 2.05) is 78.9 Å². The second-order valence-corrected chi connectivity index (χ2v) is 15.7. The molecule has 0 unspecified atom stereocenters. The molecule has 0 radical (unpaired) electrons. The molecule has 284 valence electrons. The first-order valence-corrected chi connectivity index (χ1v) is 20.7. The zero-order valence-corrected chi connectivity index (χ0v) is 33.4. The van der Waals surface area contributed by atoms with Gasteiger partial charge in [0.2, 0.25) is 0 Å². The molecule has 0 saturated heterocycles. The summed E-state index contributed by atoms with van der Waals surface area (Å²) in [4.78, 5) is 19.9. The van der Waals surface area contributed by atoms with Crippen molar-refractivity contribution in [3.63, 3.8) is 0 Å². The molecule has 0 N–H and O–H groups in total. The van der Waals surface area contributed by atoms with Crippen LogP contribution in [0, 0.1) is 0 Å². The SMILES string of the molecule is C=Cc1c(/C=C\C)c2cc(-c3cccc4c3oc3ccccc34)ccc2n1-c1cccc(-c2nc3ccc(-c4nc(-c5ccccc5)nc(-c5ccccc5)n4)cc3s2)c1. The molecule has 11 aromatic rings. The first kappa shape index (κ1) is 35.4. The van der Waals surface area contributed by atoms with Gasteiger partial charge in [-0.2, -0.15) is 0 Å². The van der Waals surface area contributed by atoms with Gasteiger partial charge in [-0.1, -0.05) is 134 Å². The summed E-state index contributed by atoms with van der Waals surface area (Å²) in [6.45, 7) is 6.35. The molecule has 0 spiro atoms. The molecule has 6 nitrogen and oxygen atoms in total. The van der Waals surface area contributed by atoms with E-state index < -0.39 is 0 Å². The van der Waals surface area contributed by atoms with Crippen molar-refractivity contribution in [1.29, 1.82) is 0 Å². The van der Waals surface area contributed by atoms with Gasteiger partial charge in [0.25, 0.3) is 0 Å². The normalized spacial score (nSPS) is 11.8. The third-order valence-electron chi connectivity index (χ3n) is 11.0. The molecular formula is C53H35N5OS. The minimum Gasteiger partial charge on any atom is -0.455 e. The maximum atomic E-state index is 6.45. The summed E-state index contributed by atoms with van der Waals surface area (Å²) in [6, 6.07) is 56.3. The lowest BCUT2D eigenvalue weighted by atomic mass is 9.99. The number of para-hydroxylation sites is 2. The second kappa shape index (κ2) is 14.6. The van der Waals surface area contributed by atoms with E-state index in [4.69, 9.17) is 24.4 Å². The lowest BCUT2D eigenvalue weighted by Crippen LogP contribution is -1.99. The minimum absolute atomic E-state index is 0.618. The summed E-state index contributed by atoms with van der Waals surface area (Å²) >= 11 is 1.66. The van der Waals surface area contributed by atoms with E-state index >= 15 is 0 Å². The third kappa shape index (κ3) is 6.03. The molecule has 0 amide bonds. The van der Waals surface area contributed by atoms with Crippen LogP contribution in [-0.2, 0) is 0 Å². The molecule has 0 aliphatic heterocycles. The number of thiazole rings is 1. The quantitative estimate of drug-likeness (QED) is 0.153. The molecule has 60 heavy (non-hydrogen) atoms. The number of rotatable bonds is 8. The van der Waals surface area contributed by atoms with E-state index in [9.17, 15) is 0 Å². The van der Waals surface area contributed by atoms with Gasteiger partial charge in [-0.3, -0.25) is 0 Å². The first-order chi connectivity index (χ1) is 29.6. The van der Waals surface area contributed by atoms with E-state index in [1.165, 1.54) is 0 Å². The Morgan fingerprint density at radius 1 is 0.567 bits per heavy atom. The number of nitrogens with zero attached hydrogens (tertiary/aromatic N) is 5. The standard InChI is InChI=1S/C53H35N5OS/c1-3-15-40-43-31-35(39-23-14-24-42-41-22-11-12-25-47(41)59-49(39)42)27-29-46(43)58(45(40)4-2)38-21-13-20-37(30-38)53-54-44-28-26-36(32-48(44)60-53)52-56-50(33-16-7-5-8-17-33)55-51(57-52)34-18-9-6-10-19-34/h3-32H,2H2,1H3/b15-3-. The maximum absolute atomic E-state index is 6.45. The Labute approximate surface area is 350 Å². The number of benzene rings is 7. The Balaban J connectivity index is 0.992. The Kier molecular flexibility index (Phi) is 8.60. The van der Waals surface area contributed by atoms with Crippen molar-refractivity contribution in [3.8, 4) is 61.5 Å². The van der Waals surface area contributed by atoms with Gasteiger partial charge in [0.15, 0.2) is 17.5 Å². The highest BCUT2D eigenvalue weighted by molar-refractivity contribution is 7.21. The molecule has 11 rings (SSSR count). The summed E-state index contributed by atoms with van der Waals surface area (Å²) in [5, 5.41) is 4.30. The summed E-state index contributed by atoms with van der Waals surface area (Å²) in [7, 11) is 0. The van der Waals surface area contributed by atoms with Gasteiger partial charge < -0.3 is 8.98 Å². The van der Waals surface area contributed by atoms with Crippen molar-refractivity contribution in [1.82, 2.24) is 24.5 Å². The van der Waals surface area contributed by atoms with Crippen molar-refractivity contribution < 1.29 is 4.42 Å². The van der Waals surface area contributed by atoms with Gasteiger partial charge in [0.1, 0.15) is 16.2 Å². The van der Waals surface area contributed by atoms with E-state index in [2.05, 4.69) is 121 Å². The van der Waals surface area contributed by atoms with E-state index in [1.54, 1.807) is 11.3 Å². The molecule has 4 aromatic heterocycles. The van der Waals surface area contributed by atoms with Crippen LogP contribution >= 0.6 is 11.3 Å². The smallest absolute Gasteiger partial charge is 0.164 e. The van der Waals surface area contributed by atoms with E-state index in [0.29, 0.717) is 17.5 Å². The van der Waals surface area contributed by atoms with Crippen molar-refractivity contribution in [3.05, 3.63) is 188 Å². The van der Waals surface area contributed by atoms with Gasteiger partial charge in [-0.15, -0.1) is 11.3 Å². The molecular weight excluding hydrogens is 755 g/mol. The highest BCUT2D eigenvalue weighted by Crippen LogP contribution is 2.40. The number of aromatic nitrogens is 5. The fraction of sp³-hybridized carbons (Fsp3) is 0.0189. The van der Waals surface area contributed by atoms with Crippen LogP contribution in [0.15, 0.2) is 181 Å². The Hall–Kier alpha value is -7.74. The van der Waals surface area contributed by atoms with Crippen LogP contribution < -0.4 is 0 Å². The fourth-order valence-electron chi connectivity index (χ4n) is 8.20. The lowest BCUT2D eigenvalue weighted by molar-refractivity contribution is 0.670. The third-order valence-corrected chi connectivity index (χ3v) is 12.1. The van der Waals surface area contributed by atoms with Crippen LogP contribution in [0.2, 0.25) is 0 Å². The molecule has 0 fully saturated rings. The highest BCUT2D eigenvalue weighted by Gasteiger charge is 2.20. The summed E-state index contributed by atoms with van der Waals surface area (Å²) in [6.07, 6.45) is 6.22. The van der Waals surface area contributed by atoms with Crippen LogP contribution in [0.1, 0.15) is 18.2 Å². The molecule has 7 aromatic carbocycles. The van der Waals surface area contributed by atoms with Crippen LogP contribution in [0.4, 0.5) is 0 Å². The van der Waals surface area contributed by atoms with Gasteiger partial charge in [-0.05, 0) is 67.1 Å². The Morgan fingerprint density at radius 2 is 1.23 bits per heavy atom. The molecule has 0 atom stereocenters. The number of hydrogen-bond acceptors (Lipinski definition) is 6. The lowest BCUT2D eigenvalue weighted by Gasteiger charge is -2.11. The molecule has 7 heteroatoms. The Bertz CT molecular complexity index is 3410. The van der Waals surface area contributed by atoms with Crippen LogP contribution in [0.3, 0.4) is 0 Å². The van der Waals surface area contributed by atoms with E-state index in [-0.39, 0.29) is 0 Å². The van der Waals surface area contributed by atoms with Gasteiger partial charge in [0, 0.05) is 55.2 Å². The average Bonchev–Trinajstić information content (AvgIpc) is 4.01. The first-order valence-electron chi connectivity index (χ1n) is 19.9. The zero-order valence-electron chi connectivity index (χ0n) is 32.6. The summed E-state index contributed by atoms with van der Waals surface area (Å²) < 4.78 is 9.80. The van der Waals surface area contributed by atoms with Crippen molar-refractivity contribution in [2.45, 2.75) is 6.92 Å². The predicted octanol–water partition coefficient (Wildman–Crippen LogP) is 14.3. The molecule has 0 bridgehead atoms. The largest absolute Gasteiger partial charge is 0.455 e. The molecule has 4 heterocycles. The summed E-state index contributed by atoms with van der Waals surface area (Å²) in [5.74, 6) is 1.89. The fourth-order valence-corrected chi connectivity index (χ4v) is 9.20. The molecule has 0 saturated carbocycles. The second-order valence-electron chi connectivity index (χ2n) is 14.6. The maximum Gasteiger partial charge on any atom is 0.164 e. The molecule has 0 aliphatic rings. The average molecular weight is 790 g/mol. The number of hydrogen-bond donors (Lipinski definition) is 0. The zero-order chi connectivity index (χ0) is 40.2. The predicted molar refractivity (Wildman–Crippen MR) is 249 cm³/mol. The van der Waals surface area contributed by atoms with Crippen LogP contribution in [0.5, 0.6) is 0 Å². The molecule has 0 aliphatic carbocycles. The van der Waals surface area contributed by atoms with Crippen LogP contribution in [-0.4, -0.2) is 24.5 Å². The van der Waals surface area contributed by atoms with Crippen molar-refractivity contribution in [2.24, 2.45) is 0 Å². The monoisotopic (exact) mass is 789 g/mol. The number of furan rings is 1. The van der Waals surface area contributed by atoms with E-state index in [0.717, 1.165) is 98.4 Å². The Morgan fingerprint density at radius 3 is 1.98 bits per heavy atom. The van der Waals surface area contributed by atoms with Gasteiger partial charge in [-0.25, -0.2) is 19.9 Å².